The average molecular weight is 347 g/mol. The lowest BCUT2D eigenvalue weighted by Gasteiger charge is -2.20. The third kappa shape index (κ3) is 5.81. The predicted octanol–water partition coefficient (Wildman–Crippen LogP) is 3.62. The molecule has 0 radical (unpaired) electrons. The monoisotopic (exact) mass is 346 g/mol. The van der Waals surface area contributed by atoms with Gasteiger partial charge >= 0.3 is 0 Å². The summed E-state index contributed by atoms with van der Waals surface area (Å²) in [5.74, 6) is 1.01. The first kappa shape index (κ1) is 18.2. The van der Waals surface area contributed by atoms with Crippen molar-refractivity contribution < 1.29 is 4.79 Å². The Morgan fingerprint density at radius 3 is 2.46 bits per heavy atom. The lowest BCUT2D eigenvalue weighted by Crippen LogP contribution is -2.41. The second kappa shape index (κ2) is 7.62. The van der Waals surface area contributed by atoms with Crippen LogP contribution in [0.3, 0.4) is 0 Å². The van der Waals surface area contributed by atoms with Gasteiger partial charge in [-0.1, -0.05) is 23.7 Å². The molecule has 0 aliphatic rings. The van der Waals surface area contributed by atoms with Gasteiger partial charge in [-0.3, -0.25) is 4.79 Å². The summed E-state index contributed by atoms with van der Waals surface area (Å²) in [6.07, 6.45) is 0.837. The molecular weight excluding hydrogens is 324 g/mol. The zero-order valence-electron chi connectivity index (χ0n) is 14.5. The third-order valence-electron chi connectivity index (χ3n) is 3.19. The molecule has 5 nitrogen and oxygen atoms in total. The number of aryl methyl sites for hydroxylation is 1. The largest absolute Gasteiger partial charge is 0.370 e. The summed E-state index contributed by atoms with van der Waals surface area (Å²) in [4.78, 5) is 20.8. The molecule has 0 saturated carbocycles. The molecular formula is C18H23ClN4O. The maximum atomic E-state index is 12.3. The molecule has 0 aliphatic heterocycles. The van der Waals surface area contributed by atoms with Crippen LogP contribution in [-0.2, 0) is 6.42 Å². The van der Waals surface area contributed by atoms with Gasteiger partial charge in [0.15, 0.2) is 0 Å². The van der Waals surface area contributed by atoms with Gasteiger partial charge in [-0.2, -0.15) is 0 Å². The highest BCUT2D eigenvalue weighted by molar-refractivity contribution is 6.30. The Bertz CT molecular complexity index is 708. The van der Waals surface area contributed by atoms with E-state index in [0.29, 0.717) is 23.9 Å². The topological polar surface area (TPSA) is 66.9 Å². The summed E-state index contributed by atoms with van der Waals surface area (Å²) in [5.41, 5.74) is 1.24. The number of rotatable bonds is 5. The molecule has 1 heterocycles. The highest BCUT2D eigenvalue weighted by Crippen LogP contribution is 2.11. The van der Waals surface area contributed by atoms with Gasteiger partial charge in [0.05, 0.1) is 0 Å². The highest BCUT2D eigenvalue weighted by atomic mass is 35.5. The van der Waals surface area contributed by atoms with Crippen molar-refractivity contribution in [1.29, 1.82) is 0 Å². The van der Waals surface area contributed by atoms with Gasteiger partial charge in [0.2, 0.25) is 0 Å². The van der Waals surface area contributed by atoms with Crippen LogP contribution in [0.1, 0.15) is 42.6 Å². The van der Waals surface area contributed by atoms with Gasteiger partial charge in [0.25, 0.3) is 5.91 Å². The van der Waals surface area contributed by atoms with Crippen molar-refractivity contribution in [2.75, 3.05) is 11.9 Å². The van der Waals surface area contributed by atoms with E-state index in [9.17, 15) is 4.79 Å². The second-order valence-electron chi connectivity index (χ2n) is 6.69. The summed E-state index contributed by atoms with van der Waals surface area (Å²) in [6.45, 7) is 8.29. The Labute approximate surface area is 147 Å². The van der Waals surface area contributed by atoms with Crippen LogP contribution in [0.4, 0.5) is 5.82 Å². The molecule has 1 aromatic carbocycles. The van der Waals surface area contributed by atoms with Crippen LogP contribution in [0.15, 0.2) is 30.3 Å². The minimum Gasteiger partial charge on any atom is -0.370 e. The molecule has 24 heavy (non-hydrogen) atoms. The molecule has 2 rings (SSSR count). The number of benzene rings is 1. The quantitative estimate of drug-likeness (QED) is 0.867. The standard InChI is InChI=1S/C18H23ClN4O/c1-12-21-15(17(24)23-18(2,3)4)11-16(22-12)20-10-9-13-5-7-14(19)8-6-13/h5-8,11H,9-10H2,1-4H3,(H,23,24)(H,20,21,22). The molecule has 0 atom stereocenters. The van der Waals surface area contributed by atoms with E-state index < -0.39 is 0 Å². The van der Waals surface area contributed by atoms with E-state index in [0.717, 1.165) is 11.4 Å². The Kier molecular flexibility index (Phi) is 5.78. The van der Waals surface area contributed by atoms with Crippen molar-refractivity contribution >= 4 is 23.3 Å². The van der Waals surface area contributed by atoms with Crippen LogP contribution < -0.4 is 10.6 Å². The normalized spacial score (nSPS) is 11.2. The minimum atomic E-state index is -0.307. The molecule has 0 bridgehead atoms. The van der Waals surface area contributed by atoms with E-state index in [-0.39, 0.29) is 11.4 Å². The Morgan fingerprint density at radius 1 is 1.17 bits per heavy atom. The van der Waals surface area contributed by atoms with Crippen LogP contribution in [0.2, 0.25) is 5.02 Å². The Morgan fingerprint density at radius 2 is 1.83 bits per heavy atom. The molecule has 1 amide bonds. The first-order chi connectivity index (χ1) is 11.2. The molecule has 6 heteroatoms. The maximum absolute atomic E-state index is 12.3. The van der Waals surface area contributed by atoms with Crippen LogP contribution in [-0.4, -0.2) is 28.0 Å². The number of halogens is 1. The van der Waals surface area contributed by atoms with E-state index in [1.807, 2.05) is 45.0 Å². The number of anilines is 1. The van der Waals surface area contributed by atoms with Gasteiger partial charge in [0, 0.05) is 23.2 Å². The molecule has 0 aliphatic carbocycles. The SMILES string of the molecule is Cc1nc(NCCc2ccc(Cl)cc2)cc(C(=O)NC(C)(C)C)n1. The van der Waals surface area contributed by atoms with E-state index in [1.54, 1.807) is 13.0 Å². The fourth-order valence-electron chi connectivity index (χ4n) is 2.17. The number of carbonyl (C=O) groups excluding carboxylic acids is 1. The molecule has 2 aromatic rings. The van der Waals surface area contributed by atoms with E-state index in [1.165, 1.54) is 5.56 Å². The van der Waals surface area contributed by atoms with Crippen molar-refractivity contribution in [2.45, 2.75) is 39.7 Å². The zero-order chi connectivity index (χ0) is 17.7. The smallest absolute Gasteiger partial charge is 0.270 e. The van der Waals surface area contributed by atoms with Gasteiger partial charge in [-0.15, -0.1) is 0 Å². The summed E-state index contributed by atoms with van der Waals surface area (Å²) in [5, 5.41) is 6.88. The average Bonchev–Trinajstić information content (AvgIpc) is 2.47. The summed E-state index contributed by atoms with van der Waals surface area (Å²) in [7, 11) is 0. The fraction of sp³-hybridized carbons (Fsp3) is 0.389. The molecule has 128 valence electrons. The Balaban J connectivity index is 2.00. The molecule has 0 unspecified atom stereocenters. The molecule has 2 N–H and O–H groups in total. The van der Waals surface area contributed by atoms with Crippen molar-refractivity contribution in [3.05, 3.63) is 52.4 Å². The van der Waals surface area contributed by atoms with Crippen molar-refractivity contribution in [1.82, 2.24) is 15.3 Å². The molecule has 0 fully saturated rings. The predicted molar refractivity (Wildman–Crippen MR) is 97.6 cm³/mol. The number of hydrogen-bond acceptors (Lipinski definition) is 4. The van der Waals surface area contributed by atoms with Crippen LogP contribution in [0.5, 0.6) is 0 Å². The van der Waals surface area contributed by atoms with Gasteiger partial charge < -0.3 is 10.6 Å². The number of hydrogen-bond donors (Lipinski definition) is 2. The van der Waals surface area contributed by atoms with Crippen LogP contribution >= 0.6 is 11.6 Å². The number of aromatic nitrogens is 2. The number of nitrogens with zero attached hydrogens (tertiary/aromatic N) is 2. The van der Waals surface area contributed by atoms with E-state index >= 15 is 0 Å². The number of carbonyl (C=O) groups is 1. The second-order valence-corrected chi connectivity index (χ2v) is 7.13. The first-order valence-electron chi connectivity index (χ1n) is 7.89. The zero-order valence-corrected chi connectivity index (χ0v) is 15.2. The number of nitrogens with one attached hydrogen (secondary N) is 2. The van der Waals surface area contributed by atoms with Crippen molar-refractivity contribution in [3.8, 4) is 0 Å². The van der Waals surface area contributed by atoms with Gasteiger partial charge in [-0.25, -0.2) is 9.97 Å². The molecule has 0 saturated heterocycles. The van der Waals surface area contributed by atoms with E-state index in [2.05, 4.69) is 20.6 Å². The van der Waals surface area contributed by atoms with Crippen molar-refractivity contribution in [2.24, 2.45) is 0 Å². The molecule has 1 aromatic heterocycles. The Hall–Kier alpha value is -2.14. The van der Waals surface area contributed by atoms with E-state index in [4.69, 9.17) is 11.6 Å². The van der Waals surface area contributed by atoms with Crippen LogP contribution in [0.25, 0.3) is 0 Å². The number of amides is 1. The maximum Gasteiger partial charge on any atom is 0.270 e. The molecule has 0 spiro atoms. The van der Waals surface area contributed by atoms with Crippen LogP contribution in [0, 0.1) is 6.92 Å². The highest BCUT2D eigenvalue weighted by Gasteiger charge is 2.17. The third-order valence-corrected chi connectivity index (χ3v) is 3.44. The summed E-state index contributed by atoms with van der Waals surface area (Å²) >= 11 is 5.88. The minimum absolute atomic E-state index is 0.200. The fourth-order valence-corrected chi connectivity index (χ4v) is 2.29. The first-order valence-corrected chi connectivity index (χ1v) is 8.27. The summed E-state index contributed by atoms with van der Waals surface area (Å²) < 4.78 is 0. The van der Waals surface area contributed by atoms with Gasteiger partial charge in [0.1, 0.15) is 17.3 Å². The summed E-state index contributed by atoms with van der Waals surface area (Å²) in [6, 6.07) is 9.42. The van der Waals surface area contributed by atoms with Crippen molar-refractivity contribution in [3.63, 3.8) is 0 Å². The lowest BCUT2D eigenvalue weighted by molar-refractivity contribution is 0.0914. The van der Waals surface area contributed by atoms with Gasteiger partial charge in [-0.05, 0) is 51.8 Å². The lowest BCUT2D eigenvalue weighted by atomic mass is 10.1.